The maximum atomic E-state index is 13.4. The molecule has 3 aromatic rings. The van der Waals surface area contributed by atoms with Gasteiger partial charge in [-0.15, -0.1) is 0 Å². The van der Waals surface area contributed by atoms with E-state index >= 15 is 0 Å². The van der Waals surface area contributed by atoms with Gasteiger partial charge in [0.15, 0.2) is 18.2 Å². The Labute approximate surface area is 186 Å². The van der Waals surface area contributed by atoms with Crippen molar-refractivity contribution in [2.24, 2.45) is 11.3 Å². The van der Waals surface area contributed by atoms with Gasteiger partial charge in [0.25, 0.3) is 6.04 Å². The molecule has 0 bridgehead atoms. The second-order valence-electron chi connectivity index (χ2n) is 9.96. The topological polar surface area (TPSA) is 94.3 Å². The average Bonchev–Trinajstić information content (AvgIpc) is 3.31. The Kier molecular flexibility index (Phi) is 4.43. The second-order valence-corrected chi connectivity index (χ2v) is 9.96. The summed E-state index contributed by atoms with van der Waals surface area (Å²) in [6.07, 6.45) is 8.05. The van der Waals surface area contributed by atoms with Gasteiger partial charge in [0, 0.05) is 46.6 Å². The maximum absolute atomic E-state index is 13.4. The van der Waals surface area contributed by atoms with Gasteiger partial charge in [0.1, 0.15) is 0 Å². The molecule has 2 unspecified atom stereocenters. The number of Topliss-reactive ketones (excluding diaryl/α,β-unsaturated/α-hetero) is 1. The summed E-state index contributed by atoms with van der Waals surface area (Å²) < 4.78 is 1.58. The molecule has 2 heterocycles. The summed E-state index contributed by atoms with van der Waals surface area (Å²) in [4.78, 5) is 28.8. The van der Waals surface area contributed by atoms with E-state index in [1.165, 1.54) is 0 Å². The number of aliphatic carboxylic acids is 1. The van der Waals surface area contributed by atoms with E-state index < -0.39 is 17.6 Å². The first-order valence-corrected chi connectivity index (χ1v) is 10.9. The molecule has 0 aliphatic heterocycles. The number of para-hydroxylation sites is 1. The molecule has 0 fully saturated rings. The van der Waals surface area contributed by atoms with Crippen molar-refractivity contribution >= 4 is 22.7 Å². The van der Waals surface area contributed by atoms with Crippen LogP contribution in [0.1, 0.15) is 54.7 Å². The lowest BCUT2D eigenvalue weighted by atomic mass is 9.69. The molecule has 2 aliphatic carbocycles. The van der Waals surface area contributed by atoms with Crippen LogP contribution in [0.5, 0.6) is 0 Å². The first-order chi connectivity index (χ1) is 15.1. The third-order valence-electron chi connectivity index (χ3n) is 7.10. The number of carbonyl (C=O) groups excluding carboxylic acids is 1. The lowest BCUT2D eigenvalue weighted by molar-refractivity contribution is -0.710. The number of carboxylic acids is 1. The fraction of sp³-hybridized carbons (Fsp3) is 0.346. The molecule has 5 rings (SSSR count). The summed E-state index contributed by atoms with van der Waals surface area (Å²) in [6, 6.07) is 8.60. The van der Waals surface area contributed by atoms with Crippen LogP contribution in [-0.2, 0) is 16.8 Å². The smallest absolute Gasteiger partial charge is 0.373 e. The number of allylic oxidation sites excluding steroid dienone is 1. The summed E-state index contributed by atoms with van der Waals surface area (Å²) >= 11 is 0. The van der Waals surface area contributed by atoms with E-state index in [2.05, 4.69) is 18.8 Å². The molecular formula is C26H27N2O4+. The summed E-state index contributed by atoms with van der Waals surface area (Å²) in [5.74, 6) is -1.35. The van der Waals surface area contributed by atoms with E-state index in [-0.39, 0.29) is 23.5 Å². The Morgan fingerprint density at radius 2 is 2.00 bits per heavy atom. The third-order valence-corrected chi connectivity index (χ3v) is 7.10. The normalized spacial score (nSPS) is 24.7. The Balaban J connectivity index is 1.57. The Hall–Kier alpha value is -3.25. The first kappa shape index (κ1) is 20.6. The average molecular weight is 432 g/mol. The molecule has 6 nitrogen and oxygen atoms in total. The van der Waals surface area contributed by atoms with E-state index in [4.69, 9.17) is 0 Å². The zero-order valence-corrected chi connectivity index (χ0v) is 18.4. The van der Waals surface area contributed by atoms with Crippen molar-refractivity contribution in [2.45, 2.75) is 45.3 Å². The van der Waals surface area contributed by atoms with Crippen LogP contribution in [0.3, 0.4) is 0 Å². The summed E-state index contributed by atoms with van der Waals surface area (Å²) in [6.45, 7) is 5.88. The first-order valence-electron chi connectivity index (χ1n) is 10.9. The number of carboxylic acid groups (broad SMARTS) is 1. The predicted molar refractivity (Wildman–Crippen MR) is 119 cm³/mol. The molecule has 3 atom stereocenters. The zero-order valence-electron chi connectivity index (χ0n) is 18.4. The molecule has 1 aromatic carbocycles. The minimum atomic E-state index is -1.18. The van der Waals surface area contributed by atoms with Gasteiger partial charge in [-0.25, -0.2) is 4.79 Å². The van der Waals surface area contributed by atoms with E-state index in [0.29, 0.717) is 23.1 Å². The highest BCUT2D eigenvalue weighted by Crippen LogP contribution is 2.52. The minimum absolute atomic E-state index is 0.118. The Bertz CT molecular complexity index is 1300. The minimum Gasteiger partial charge on any atom is -0.476 e. The quantitative estimate of drug-likeness (QED) is 0.549. The summed E-state index contributed by atoms with van der Waals surface area (Å²) in [5, 5.41) is 22.4. The molecule has 0 amide bonds. The number of carbonyl (C=O) groups is 2. The number of hydrogen-bond donors (Lipinski definition) is 3. The molecule has 0 saturated carbocycles. The standard InChI is InChI=1S/C26H26N2O4/c1-25(2)11-17-20(12-25)26(3,32)19-8-9-28(14-18(19)23(17)29)22(24(30)31)10-15-13-27-21-7-5-4-6-16(15)21/h4-9,11,13-14,20,22,27,32H,10,12H2,1-3H3/p+1/t20?,22-,26?/m0/s1. The second kappa shape index (κ2) is 6.87. The van der Waals surface area contributed by atoms with Crippen LogP contribution in [0, 0.1) is 11.3 Å². The Morgan fingerprint density at radius 1 is 1.25 bits per heavy atom. The molecule has 2 aromatic heterocycles. The maximum Gasteiger partial charge on any atom is 0.373 e. The van der Waals surface area contributed by atoms with Gasteiger partial charge in [-0.3, -0.25) is 4.79 Å². The van der Waals surface area contributed by atoms with E-state index in [1.54, 1.807) is 30.0 Å². The molecule has 164 valence electrons. The largest absolute Gasteiger partial charge is 0.476 e. The summed E-state index contributed by atoms with van der Waals surface area (Å²) in [7, 11) is 0. The highest BCUT2D eigenvalue weighted by atomic mass is 16.4. The van der Waals surface area contributed by atoms with Crippen molar-refractivity contribution in [3.05, 3.63) is 77.3 Å². The number of rotatable bonds is 4. The van der Waals surface area contributed by atoms with E-state index in [0.717, 1.165) is 16.5 Å². The highest BCUT2D eigenvalue weighted by molar-refractivity contribution is 6.11. The van der Waals surface area contributed by atoms with Crippen LogP contribution in [0.25, 0.3) is 10.9 Å². The van der Waals surface area contributed by atoms with Crippen LogP contribution in [0.4, 0.5) is 0 Å². The van der Waals surface area contributed by atoms with Gasteiger partial charge >= 0.3 is 5.97 Å². The molecule has 0 saturated heterocycles. The van der Waals surface area contributed by atoms with Crippen molar-refractivity contribution < 1.29 is 24.4 Å². The van der Waals surface area contributed by atoms with Crippen molar-refractivity contribution in [3.63, 3.8) is 0 Å². The monoisotopic (exact) mass is 431 g/mol. The number of nitrogens with one attached hydrogen (secondary N) is 1. The van der Waals surface area contributed by atoms with Gasteiger partial charge in [0.2, 0.25) is 0 Å². The molecule has 6 heteroatoms. The number of pyridine rings is 1. The molecule has 0 radical (unpaired) electrons. The van der Waals surface area contributed by atoms with Crippen molar-refractivity contribution in [1.82, 2.24) is 4.98 Å². The molecule has 2 aliphatic rings. The van der Waals surface area contributed by atoms with E-state index in [1.807, 2.05) is 36.5 Å². The third kappa shape index (κ3) is 3.09. The summed E-state index contributed by atoms with van der Waals surface area (Å²) in [5.41, 5.74) is 2.08. The van der Waals surface area contributed by atoms with Crippen LogP contribution in [-0.4, -0.2) is 26.9 Å². The van der Waals surface area contributed by atoms with Gasteiger partial charge in [0.05, 0.1) is 11.2 Å². The van der Waals surface area contributed by atoms with Gasteiger partial charge in [-0.1, -0.05) is 38.1 Å². The molecule has 3 N–H and O–H groups in total. The lowest BCUT2D eigenvalue weighted by Gasteiger charge is -2.37. The number of nitrogens with zero attached hydrogens (tertiary/aromatic N) is 1. The molecule has 0 spiro atoms. The number of H-pyrrole nitrogens is 1. The number of fused-ring (bicyclic) bond motifs is 3. The van der Waals surface area contributed by atoms with Crippen molar-refractivity contribution in [3.8, 4) is 0 Å². The highest BCUT2D eigenvalue weighted by Gasteiger charge is 2.51. The number of aromatic amines is 1. The van der Waals surface area contributed by atoms with Crippen LogP contribution in [0.15, 0.2) is 60.6 Å². The number of benzene rings is 1. The molecular weight excluding hydrogens is 404 g/mol. The van der Waals surface area contributed by atoms with Gasteiger partial charge in [-0.2, -0.15) is 4.57 Å². The number of hydrogen-bond acceptors (Lipinski definition) is 3. The van der Waals surface area contributed by atoms with Crippen molar-refractivity contribution in [2.75, 3.05) is 0 Å². The number of aliphatic hydroxyl groups is 1. The predicted octanol–water partition coefficient (Wildman–Crippen LogP) is 3.70. The Morgan fingerprint density at radius 3 is 2.75 bits per heavy atom. The fourth-order valence-corrected chi connectivity index (χ4v) is 5.44. The van der Waals surface area contributed by atoms with Gasteiger partial charge < -0.3 is 15.2 Å². The number of aromatic nitrogens is 2. The van der Waals surface area contributed by atoms with E-state index in [9.17, 15) is 19.8 Å². The van der Waals surface area contributed by atoms with Gasteiger partial charge in [-0.05, 0) is 30.4 Å². The van der Waals surface area contributed by atoms with Crippen LogP contribution < -0.4 is 4.57 Å². The lowest BCUT2D eigenvalue weighted by Crippen LogP contribution is -2.48. The van der Waals surface area contributed by atoms with Crippen LogP contribution >= 0.6 is 0 Å². The van der Waals surface area contributed by atoms with Crippen molar-refractivity contribution in [1.29, 1.82) is 0 Å². The zero-order chi connectivity index (χ0) is 22.8. The number of ketones is 1. The SMILES string of the molecule is CC1(C)C=C2C(=O)c3c[n+]([C@@H](Cc4c[nH]c5ccccc45)C(=O)O)ccc3C(C)(O)C2C1. The molecule has 32 heavy (non-hydrogen) atoms. The van der Waals surface area contributed by atoms with Crippen LogP contribution in [0.2, 0.25) is 0 Å². The fourth-order valence-electron chi connectivity index (χ4n) is 5.44.